The molecular formula is C23H20N2O. The van der Waals surface area contributed by atoms with E-state index in [-0.39, 0.29) is 5.75 Å². The van der Waals surface area contributed by atoms with E-state index in [2.05, 4.69) is 29.3 Å². The molecule has 0 radical (unpaired) electrons. The van der Waals surface area contributed by atoms with Crippen LogP contribution in [0.5, 0.6) is 5.75 Å². The van der Waals surface area contributed by atoms with Gasteiger partial charge in [0.2, 0.25) is 0 Å². The van der Waals surface area contributed by atoms with E-state index in [1.807, 2.05) is 60.7 Å². The Labute approximate surface area is 153 Å². The summed E-state index contributed by atoms with van der Waals surface area (Å²) in [5, 5.41) is 18.4. The highest BCUT2D eigenvalue weighted by atomic mass is 16.3. The van der Waals surface area contributed by atoms with E-state index in [1.165, 1.54) is 0 Å². The average Bonchev–Trinajstić information content (AvgIpc) is 2.70. The summed E-state index contributed by atoms with van der Waals surface area (Å²) < 4.78 is 0. The molecule has 0 aliphatic heterocycles. The quantitative estimate of drug-likeness (QED) is 0.496. The van der Waals surface area contributed by atoms with Gasteiger partial charge in [-0.25, -0.2) is 0 Å². The normalized spacial score (nSPS) is 12.5. The van der Waals surface area contributed by atoms with Crippen molar-refractivity contribution in [1.82, 2.24) is 0 Å². The molecule has 0 aliphatic rings. The number of hydrogen-bond acceptors (Lipinski definition) is 3. The molecule has 0 saturated heterocycles. The summed E-state index contributed by atoms with van der Waals surface area (Å²) in [6.07, 6.45) is 3.58. The molecule has 0 amide bonds. The molecule has 0 saturated carbocycles. The fourth-order valence-corrected chi connectivity index (χ4v) is 2.52. The van der Waals surface area contributed by atoms with Crippen LogP contribution in [0.1, 0.15) is 23.6 Å². The topological polar surface area (TPSA) is 45.0 Å². The fraction of sp³-hybridized carbons (Fsp3) is 0.0435. The first-order chi connectivity index (χ1) is 12.7. The molecule has 3 nitrogen and oxygen atoms in total. The lowest BCUT2D eigenvalue weighted by Gasteiger charge is -2.04. The van der Waals surface area contributed by atoms with Crippen LogP contribution >= 0.6 is 0 Å². The molecule has 0 bridgehead atoms. The lowest BCUT2D eigenvalue weighted by Crippen LogP contribution is -1.97. The SMILES string of the molecule is C/C(=C/C(=N\N=C\c1ccccc1O)c1ccccc1)c1ccccc1. The van der Waals surface area contributed by atoms with Crippen molar-refractivity contribution in [2.45, 2.75) is 6.92 Å². The maximum Gasteiger partial charge on any atom is 0.124 e. The van der Waals surface area contributed by atoms with Crippen LogP contribution in [0.25, 0.3) is 5.57 Å². The molecule has 0 fully saturated rings. The Morgan fingerprint density at radius 3 is 2.00 bits per heavy atom. The summed E-state index contributed by atoms with van der Waals surface area (Å²) in [6, 6.07) is 27.1. The van der Waals surface area contributed by atoms with E-state index in [0.29, 0.717) is 5.56 Å². The van der Waals surface area contributed by atoms with Crippen LogP contribution in [-0.2, 0) is 0 Å². The van der Waals surface area contributed by atoms with Gasteiger partial charge in [-0.3, -0.25) is 0 Å². The number of phenolic OH excluding ortho intramolecular Hbond substituents is 1. The molecule has 1 N–H and O–H groups in total. The molecule has 0 aliphatic carbocycles. The number of benzene rings is 3. The number of aromatic hydroxyl groups is 1. The molecule has 3 rings (SSSR count). The number of nitrogens with zero attached hydrogens (tertiary/aromatic N) is 2. The Morgan fingerprint density at radius 1 is 0.769 bits per heavy atom. The van der Waals surface area contributed by atoms with Gasteiger partial charge in [0.25, 0.3) is 0 Å². The van der Waals surface area contributed by atoms with Crippen LogP contribution < -0.4 is 0 Å². The third-order valence-electron chi connectivity index (χ3n) is 3.95. The average molecular weight is 340 g/mol. The minimum atomic E-state index is 0.184. The van der Waals surface area contributed by atoms with Crippen molar-refractivity contribution in [1.29, 1.82) is 0 Å². The summed E-state index contributed by atoms with van der Waals surface area (Å²) in [6.45, 7) is 2.06. The Balaban J connectivity index is 1.95. The van der Waals surface area contributed by atoms with Gasteiger partial charge in [0.05, 0.1) is 11.9 Å². The third kappa shape index (κ3) is 4.54. The molecule has 26 heavy (non-hydrogen) atoms. The van der Waals surface area contributed by atoms with Gasteiger partial charge in [-0.2, -0.15) is 10.2 Å². The zero-order valence-corrected chi connectivity index (χ0v) is 14.6. The highest BCUT2D eigenvalue weighted by Gasteiger charge is 2.03. The molecule has 0 heterocycles. The minimum Gasteiger partial charge on any atom is -0.507 e. The second-order valence-electron chi connectivity index (χ2n) is 5.85. The second-order valence-corrected chi connectivity index (χ2v) is 5.85. The summed E-state index contributed by atoms with van der Waals surface area (Å²) >= 11 is 0. The van der Waals surface area contributed by atoms with Crippen LogP contribution in [-0.4, -0.2) is 17.0 Å². The zero-order valence-electron chi connectivity index (χ0n) is 14.6. The molecule has 0 atom stereocenters. The van der Waals surface area contributed by atoms with E-state index in [9.17, 15) is 5.11 Å². The van der Waals surface area contributed by atoms with E-state index in [1.54, 1.807) is 24.4 Å². The van der Waals surface area contributed by atoms with Crippen LogP contribution in [0.2, 0.25) is 0 Å². The highest BCUT2D eigenvalue weighted by molar-refractivity contribution is 6.12. The van der Waals surface area contributed by atoms with Gasteiger partial charge < -0.3 is 5.11 Å². The van der Waals surface area contributed by atoms with Crippen LogP contribution in [0, 0.1) is 0 Å². The summed E-state index contributed by atoms with van der Waals surface area (Å²) in [5.41, 5.74) is 4.62. The molecule has 0 aromatic heterocycles. The van der Waals surface area contributed by atoms with Crippen molar-refractivity contribution in [3.05, 3.63) is 108 Å². The van der Waals surface area contributed by atoms with Crippen molar-refractivity contribution in [2.24, 2.45) is 10.2 Å². The Hall–Kier alpha value is -3.46. The van der Waals surface area contributed by atoms with E-state index >= 15 is 0 Å². The molecular weight excluding hydrogens is 320 g/mol. The van der Waals surface area contributed by atoms with Gasteiger partial charge >= 0.3 is 0 Å². The molecule has 128 valence electrons. The largest absolute Gasteiger partial charge is 0.507 e. The fourth-order valence-electron chi connectivity index (χ4n) is 2.52. The monoisotopic (exact) mass is 340 g/mol. The van der Waals surface area contributed by atoms with Crippen molar-refractivity contribution < 1.29 is 5.11 Å². The smallest absolute Gasteiger partial charge is 0.124 e. The molecule has 0 unspecified atom stereocenters. The van der Waals surface area contributed by atoms with E-state index in [0.717, 1.165) is 22.4 Å². The van der Waals surface area contributed by atoms with Crippen LogP contribution in [0.3, 0.4) is 0 Å². The first-order valence-corrected chi connectivity index (χ1v) is 8.42. The van der Waals surface area contributed by atoms with Crippen molar-refractivity contribution >= 4 is 17.5 Å². The molecule has 3 heteroatoms. The first kappa shape index (κ1) is 17.4. The minimum absolute atomic E-state index is 0.184. The number of hydrogen-bond donors (Lipinski definition) is 1. The molecule has 0 spiro atoms. The second kappa shape index (κ2) is 8.58. The van der Waals surface area contributed by atoms with Crippen LogP contribution in [0.15, 0.2) is 101 Å². The van der Waals surface area contributed by atoms with Gasteiger partial charge in [-0.05, 0) is 36.3 Å². The van der Waals surface area contributed by atoms with Gasteiger partial charge in [0, 0.05) is 11.1 Å². The Bertz CT molecular complexity index is 942. The predicted molar refractivity (Wildman–Crippen MR) is 109 cm³/mol. The number of phenols is 1. The van der Waals surface area contributed by atoms with Gasteiger partial charge in [-0.1, -0.05) is 72.8 Å². The van der Waals surface area contributed by atoms with Crippen molar-refractivity contribution in [3.8, 4) is 5.75 Å². The number of rotatable bonds is 5. The Kier molecular flexibility index (Phi) is 5.73. The number of para-hydroxylation sites is 1. The standard InChI is InChI=1S/C23H20N2O/c1-18(19-10-4-2-5-11-19)16-22(20-12-6-3-7-13-20)25-24-17-21-14-8-9-15-23(21)26/h2-17,26H,1H3/b18-16-,24-17+,25-22+. The lowest BCUT2D eigenvalue weighted by atomic mass is 10.0. The zero-order chi connectivity index (χ0) is 18.2. The maximum absolute atomic E-state index is 9.84. The first-order valence-electron chi connectivity index (χ1n) is 8.42. The van der Waals surface area contributed by atoms with Crippen molar-refractivity contribution in [2.75, 3.05) is 0 Å². The van der Waals surface area contributed by atoms with Gasteiger partial charge in [0.15, 0.2) is 0 Å². The maximum atomic E-state index is 9.84. The molecule has 3 aromatic rings. The highest BCUT2D eigenvalue weighted by Crippen LogP contribution is 2.16. The van der Waals surface area contributed by atoms with E-state index < -0.39 is 0 Å². The number of allylic oxidation sites excluding steroid dienone is 2. The van der Waals surface area contributed by atoms with Gasteiger partial charge in [-0.15, -0.1) is 0 Å². The van der Waals surface area contributed by atoms with E-state index in [4.69, 9.17) is 0 Å². The molecule has 3 aromatic carbocycles. The summed E-state index contributed by atoms with van der Waals surface area (Å²) in [4.78, 5) is 0. The predicted octanol–water partition coefficient (Wildman–Crippen LogP) is 5.32. The third-order valence-corrected chi connectivity index (χ3v) is 3.95. The summed E-state index contributed by atoms with van der Waals surface area (Å²) in [5.74, 6) is 0.184. The van der Waals surface area contributed by atoms with Crippen LogP contribution in [0.4, 0.5) is 0 Å². The Morgan fingerprint density at radius 2 is 1.35 bits per heavy atom. The van der Waals surface area contributed by atoms with Crippen molar-refractivity contribution in [3.63, 3.8) is 0 Å². The summed E-state index contributed by atoms with van der Waals surface area (Å²) in [7, 11) is 0. The van der Waals surface area contributed by atoms with Gasteiger partial charge in [0.1, 0.15) is 5.75 Å². The lowest BCUT2D eigenvalue weighted by molar-refractivity contribution is 0.474.